The van der Waals surface area contributed by atoms with Crippen LogP contribution in [0, 0.1) is 6.92 Å². The minimum absolute atomic E-state index is 0.0588. The molecule has 150 valence electrons. The molecule has 28 heavy (non-hydrogen) atoms. The lowest BCUT2D eigenvalue weighted by atomic mass is 10.0. The Hall–Kier alpha value is -1.79. The lowest BCUT2D eigenvalue weighted by Crippen LogP contribution is -2.27. The molecule has 2 aromatic carbocycles. The number of hydrogen-bond donors (Lipinski definition) is 0. The molecule has 0 saturated heterocycles. The average molecular weight is 421 g/mol. The van der Waals surface area contributed by atoms with Crippen LogP contribution in [0.3, 0.4) is 0 Å². The Morgan fingerprint density at radius 2 is 1.93 bits per heavy atom. The summed E-state index contributed by atoms with van der Waals surface area (Å²) in [6.45, 7) is 6.03. The van der Waals surface area contributed by atoms with Crippen LogP contribution in [0.2, 0.25) is 0 Å². The molecule has 0 radical (unpaired) electrons. The van der Waals surface area contributed by atoms with E-state index in [0.29, 0.717) is 29.4 Å². The van der Waals surface area contributed by atoms with Crippen molar-refractivity contribution in [3.63, 3.8) is 0 Å². The number of halogens is 1. The molecule has 1 unspecified atom stereocenters. The minimum atomic E-state index is -0.299. The second kappa shape index (κ2) is 8.70. The van der Waals surface area contributed by atoms with Gasteiger partial charge in [0.05, 0.1) is 14.2 Å². The molecule has 0 aromatic heterocycles. The molecule has 2 aromatic rings. The fourth-order valence-electron chi connectivity index (χ4n) is 3.22. The molecule has 0 fully saturated rings. The molecule has 0 bridgehead atoms. The number of methoxy groups -OCH3 is 2. The summed E-state index contributed by atoms with van der Waals surface area (Å²) < 4.78 is 30.1. The van der Waals surface area contributed by atoms with Gasteiger partial charge in [-0.2, -0.15) is 3.89 Å². The zero-order chi connectivity index (χ0) is 20.3. The van der Waals surface area contributed by atoms with Gasteiger partial charge >= 0.3 is 0 Å². The first-order valence-electron chi connectivity index (χ1n) is 9.02. The van der Waals surface area contributed by atoms with Crippen molar-refractivity contribution in [3.05, 3.63) is 53.1 Å². The smallest absolute Gasteiger partial charge is 0.163 e. The fourth-order valence-corrected chi connectivity index (χ4v) is 4.89. The van der Waals surface area contributed by atoms with E-state index in [2.05, 4.69) is 18.2 Å². The van der Waals surface area contributed by atoms with Gasteiger partial charge in [-0.15, -0.1) is 11.8 Å². The first-order chi connectivity index (χ1) is 13.4. The van der Waals surface area contributed by atoms with Gasteiger partial charge in [-0.1, -0.05) is 12.1 Å². The second-order valence-corrected chi connectivity index (χ2v) is 9.02. The van der Waals surface area contributed by atoms with Gasteiger partial charge in [-0.05, 0) is 62.2 Å². The third-order valence-corrected chi connectivity index (χ3v) is 6.49. The Labute approximate surface area is 174 Å². The standard InChI is InChI=1S/C22H25FO3S2/c1-14-10-16(12-19(24-4)21(14)25-5)20(13-27-23)28-17-6-7-18-15(11-17)8-9-22(2,3)26-18/h6-12,20H,13H2,1-5H3. The monoisotopic (exact) mass is 420 g/mol. The van der Waals surface area contributed by atoms with Gasteiger partial charge in [0.25, 0.3) is 0 Å². The number of thioether (sulfide) groups is 1. The van der Waals surface area contributed by atoms with Gasteiger partial charge < -0.3 is 14.2 Å². The number of rotatable bonds is 7. The summed E-state index contributed by atoms with van der Waals surface area (Å²) in [5.41, 5.74) is 2.72. The maximum Gasteiger partial charge on any atom is 0.163 e. The van der Waals surface area contributed by atoms with Crippen molar-refractivity contribution in [1.82, 2.24) is 0 Å². The van der Waals surface area contributed by atoms with Crippen molar-refractivity contribution >= 4 is 30.0 Å². The predicted octanol–water partition coefficient (Wildman–Crippen LogP) is 6.65. The molecule has 3 rings (SSSR count). The minimum Gasteiger partial charge on any atom is -0.493 e. The van der Waals surface area contributed by atoms with Crippen LogP contribution >= 0.6 is 23.9 Å². The van der Waals surface area contributed by atoms with Gasteiger partial charge in [-0.25, -0.2) is 0 Å². The molecule has 1 heterocycles. The Morgan fingerprint density at radius 1 is 1.14 bits per heavy atom. The highest BCUT2D eigenvalue weighted by Crippen LogP contribution is 2.43. The van der Waals surface area contributed by atoms with Crippen molar-refractivity contribution in [2.45, 2.75) is 36.5 Å². The fraction of sp³-hybridized carbons (Fsp3) is 0.364. The maximum atomic E-state index is 13.2. The number of aryl methyl sites for hydroxylation is 1. The SMILES string of the molecule is COc1cc(C(CSF)Sc2ccc3c(c2)C=CC(C)(C)O3)cc(C)c1OC. The maximum absolute atomic E-state index is 13.2. The highest BCUT2D eigenvalue weighted by molar-refractivity contribution is 8.01. The number of hydrogen-bond acceptors (Lipinski definition) is 5. The van der Waals surface area contributed by atoms with Crippen LogP contribution in [0.1, 0.15) is 35.8 Å². The van der Waals surface area contributed by atoms with Gasteiger partial charge in [0.1, 0.15) is 11.4 Å². The summed E-state index contributed by atoms with van der Waals surface area (Å²) in [5.74, 6) is 2.59. The molecule has 0 aliphatic carbocycles. The highest BCUT2D eigenvalue weighted by atomic mass is 32.2. The second-order valence-electron chi connectivity index (χ2n) is 7.19. The van der Waals surface area contributed by atoms with Gasteiger partial charge in [0.15, 0.2) is 11.5 Å². The Morgan fingerprint density at radius 3 is 2.61 bits per heavy atom. The van der Waals surface area contributed by atoms with E-state index < -0.39 is 0 Å². The van der Waals surface area contributed by atoms with Crippen molar-refractivity contribution in [2.75, 3.05) is 20.0 Å². The van der Waals surface area contributed by atoms with Gasteiger partial charge in [-0.3, -0.25) is 0 Å². The first kappa shape index (κ1) is 20.9. The highest BCUT2D eigenvalue weighted by Gasteiger charge is 2.23. The molecule has 6 heteroatoms. The molecule has 0 saturated carbocycles. The van der Waals surface area contributed by atoms with E-state index in [-0.39, 0.29) is 10.9 Å². The third kappa shape index (κ3) is 4.61. The van der Waals surface area contributed by atoms with E-state index in [1.165, 1.54) is 0 Å². The Balaban J connectivity index is 1.89. The average Bonchev–Trinajstić information content (AvgIpc) is 2.66. The van der Waals surface area contributed by atoms with E-state index >= 15 is 0 Å². The van der Waals surface area contributed by atoms with Gasteiger partial charge in [0, 0.05) is 33.6 Å². The molecule has 0 N–H and O–H groups in total. The summed E-state index contributed by atoms with van der Waals surface area (Å²) in [6.07, 6.45) is 4.14. The molecular formula is C22H25FO3S2. The van der Waals surface area contributed by atoms with Crippen molar-refractivity contribution < 1.29 is 18.1 Å². The quantitative estimate of drug-likeness (QED) is 0.468. The predicted molar refractivity (Wildman–Crippen MR) is 117 cm³/mol. The molecular weight excluding hydrogens is 395 g/mol. The number of ether oxygens (including phenoxy) is 3. The van der Waals surface area contributed by atoms with Crippen molar-refractivity contribution in [3.8, 4) is 17.2 Å². The summed E-state index contributed by atoms with van der Waals surface area (Å²) >= 11 is 1.98. The van der Waals surface area contributed by atoms with E-state index in [9.17, 15) is 3.89 Å². The summed E-state index contributed by atoms with van der Waals surface area (Å²) in [5, 5.41) is -0.0588. The molecule has 1 aliphatic rings. The third-order valence-electron chi connectivity index (χ3n) is 4.57. The van der Waals surface area contributed by atoms with E-state index in [0.717, 1.165) is 27.3 Å². The topological polar surface area (TPSA) is 27.7 Å². The van der Waals surface area contributed by atoms with Crippen LogP contribution in [0.4, 0.5) is 3.89 Å². The van der Waals surface area contributed by atoms with Crippen molar-refractivity contribution in [2.24, 2.45) is 0 Å². The van der Waals surface area contributed by atoms with Crippen LogP contribution in [-0.4, -0.2) is 25.6 Å². The number of benzene rings is 2. The van der Waals surface area contributed by atoms with Crippen LogP contribution in [0.5, 0.6) is 17.2 Å². The normalized spacial score (nSPS) is 15.5. The number of fused-ring (bicyclic) bond motifs is 1. The summed E-state index contributed by atoms with van der Waals surface area (Å²) in [4.78, 5) is 1.07. The molecule has 3 nitrogen and oxygen atoms in total. The summed E-state index contributed by atoms with van der Waals surface area (Å²) in [6, 6.07) is 10.1. The van der Waals surface area contributed by atoms with Crippen molar-refractivity contribution in [1.29, 1.82) is 0 Å². The van der Waals surface area contributed by atoms with Gasteiger partial charge in [0.2, 0.25) is 0 Å². The Bertz CT molecular complexity index is 880. The van der Waals surface area contributed by atoms with E-state index in [1.54, 1.807) is 26.0 Å². The lowest BCUT2D eigenvalue weighted by molar-refractivity contribution is 0.159. The zero-order valence-corrected chi connectivity index (χ0v) is 18.4. The zero-order valence-electron chi connectivity index (χ0n) is 16.7. The lowest BCUT2D eigenvalue weighted by Gasteiger charge is -2.28. The van der Waals surface area contributed by atoms with Crippen LogP contribution < -0.4 is 14.2 Å². The Kier molecular flexibility index (Phi) is 6.50. The largest absolute Gasteiger partial charge is 0.493 e. The van der Waals surface area contributed by atoms with Crippen LogP contribution in [-0.2, 0) is 0 Å². The van der Waals surface area contributed by atoms with Crippen LogP contribution in [0.25, 0.3) is 6.08 Å². The van der Waals surface area contributed by atoms with E-state index in [1.807, 2.05) is 45.0 Å². The molecule has 0 amide bonds. The molecule has 1 aliphatic heterocycles. The summed E-state index contributed by atoms with van der Waals surface area (Å²) in [7, 11) is 3.24. The van der Waals surface area contributed by atoms with E-state index in [4.69, 9.17) is 14.2 Å². The molecule has 0 spiro atoms. The van der Waals surface area contributed by atoms with Crippen LogP contribution in [0.15, 0.2) is 41.3 Å². The first-order valence-corrected chi connectivity index (χ1v) is 10.8. The molecule has 1 atom stereocenters.